The molecule has 0 saturated carbocycles. The van der Waals surface area contributed by atoms with Gasteiger partial charge in [0.2, 0.25) is 0 Å². The summed E-state index contributed by atoms with van der Waals surface area (Å²) in [4.78, 5) is 15.8. The predicted octanol–water partition coefficient (Wildman–Crippen LogP) is 3.52. The number of hydrogen-bond donors (Lipinski definition) is 1. The SMILES string of the molecule is C[C@H]1COCCN1C(=O)NCc1ccc(N(C)c2ccccc2)c(F)c1. The molecule has 2 aromatic rings. The van der Waals surface area contributed by atoms with Crippen LogP contribution in [0.25, 0.3) is 0 Å². The van der Waals surface area contributed by atoms with Crippen LogP contribution in [-0.2, 0) is 11.3 Å². The second-order valence-corrected chi connectivity index (χ2v) is 6.46. The first-order valence-electron chi connectivity index (χ1n) is 8.75. The Hall–Kier alpha value is -2.60. The van der Waals surface area contributed by atoms with E-state index >= 15 is 0 Å². The molecule has 0 bridgehead atoms. The van der Waals surface area contributed by atoms with E-state index in [9.17, 15) is 9.18 Å². The van der Waals surface area contributed by atoms with Gasteiger partial charge < -0.3 is 19.9 Å². The molecule has 5 nitrogen and oxygen atoms in total. The summed E-state index contributed by atoms with van der Waals surface area (Å²) in [5, 5.41) is 2.86. The fourth-order valence-electron chi connectivity index (χ4n) is 3.03. The molecule has 26 heavy (non-hydrogen) atoms. The van der Waals surface area contributed by atoms with Crippen molar-refractivity contribution >= 4 is 17.4 Å². The number of morpholine rings is 1. The van der Waals surface area contributed by atoms with Crippen LogP contribution in [0.2, 0.25) is 0 Å². The summed E-state index contributed by atoms with van der Waals surface area (Å²) >= 11 is 0. The maximum atomic E-state index is 14.5. The second-order valence-electron chi connectivity index (χ2n) is 6.46. The highest BCUT2D eigenvalue weighted by molar-refractivity contribution is 5.74. The number of urea groups is 1. The van der Waals surface area contributed by atoms with Crippen molar-refractivity contribution in [3.63, 3.8) is 0 Å². The Labute approximate surface area is 153 Å². The van der Waals surface area contributed by atoms with E-state index in [0.29, 0.717) is 25.4 Å². The number of amides is 2. The largest absolute Gasteiger partial charge is 0.377 e. The number of nitrogens with one attached hydrogen (secondary N) is 1. The lowest BCUT2D eigenvalue weighted by Crippen LogP contribution is -2.51. The van der Waals surface area contributed by atoms with Crippen LogP contribution < -0.4 is 10.2 Å². The van der Waals surface area contributed by atoms with Gasteiger partial charge in [0.25, 0.3) is 0 Å². The number of benzene rings is 2. The van der Waals surface area contributed by atoms with Crippen LogP contribution in [0.5, 0.6) is 0 Å². The Morgan fingerprint density at radius 3 is 2.77 bits per heavy atom. The Bertz CT molecular complexity index is 754. The molecule has 1 atom stereocenters. The maximum Gasteiger partial charge on any atom is 0.318 e. The molecule has 1 fully saturated rings. The Balaban J connectivity index is 1.63. The van der Waals surface area contributed by atoms with E-state index < -0.39 is 0 Å². The van der Waals surface area contributed by atoms with Gasteiger partial charge in [-0.3, -0.25) is 0 Å². The highest BCUT2D eigenvalue weighted by atomic mass is 19.1. The quantitative estimate of drug-likeness (QED) is 0.911. The van der Waals surface area contributed by atoms with E-state index in [1.807, 2.05) is 50.4 Å². The Morgan fingerprint density at radius 2 is 2.08 bits per heavy atom. The maximum absolute atomic E-state index is 14.5. The van der Waals surface area contributed by atoms with Crippen molar-refractivity contribution in [2.75, 3.05) is 31.7 Å². The molecule has 1 aliphatic rings. The van der Waals surface area contributed by atoms with Crippen LogP contribution >= 0.6 is 0 Å². The number of halogens is 1. The van der Waals surface area contributed by atoms with Gasteiger partial charge in [0.05, 0.1) is 24.9 Å². The molecule has 2 aromatic carbocycles. The zero-order valence-electron chi connectivity index (χ0n) is 15.1. The topological polar surface area (TPSA) is 44.8 Å². The first-order chi connectivity index (χ1) is 12.6. The fraction of sp³-hybridized carbons (Fsp3) is 0.350. The van der Waals surface area contributed by atoms with Gasteiger partial charge in [0.15, 0.2) is 0 Å². The normalized spacial score (nSPS) is 17.0. The fourth-order valence-corrected chi connectivity index (χ4v) is 3.03. The number of ether oxygens (including phenoxy) is 1. The van der Waals surface area contributed by atoms with E-state index in [1.165, 1.54) is 6.07 Å². The lowest BCUT2D eigenvalue weighted by Gasteiger charge is -2.33. The number of hydrogen-bond acceptors (Lipinski definition) is 3. The van der Waals surface area contributed by atoms with Crippen molar-refractivity contribution in [2.45, 2.75) is 19.5 Å². The van der Waals surface area contributed by atoms with Crippen LogP contribution in [0.15, 0.2) is 48.5 Å². The average Bonchev–Trinajstić information content (AvgIpc) is 2.67. The van der Waals surface area contributed by atoms with Crippen LogP contribution in [0.1, 0.15) is 12.5 Å². The minimum absolute atomic E-state index is 0.0439. The number of carbonyl (C=O) groups is 1. The summed E-state index contributed by atoms with van der Waals surface area (Å²) in [6, 6.07) is 14.6. The van der Waals surface area contributed by atoms with E-state index in [-0.39, 0.29) is 24.4 Å². The molecular formula is C20H24FN3O2. The molecule has 1 saturated heterocycles. The molecule has 0 aromatic heterocycles. The zero-order valence-corrected chi connectivity index (χ0v) is 15.1. The van der Waals surface area contributed by atoms with E-state index in [2.05, 4.69) is 5.32 Å². The smallest absolute Gasteiger partial charge is 0.318 e. The Kier molecular flexibility index (Phi) is 5.73. The van der Waals surface area contributed by atoms with Gasteiger partial charge in [0.1, 0.15) is 5.82 Å². The van der Waals surface area contributed by atoms with Crippen molar-refractivity contribution in [3.8, 4) is 0 Å². The first-order valence-corrected chi connectivity index (χ1v) is 8.75. The highest BCUT2D eigenvalue weighted by Crippen LogP contribution is 2.26. The third-order valence-electron chi connectivity index (χ3n) is 4.59. The third-order valence-corrected chi connectivity index (χ3v) is 4.59. The summed E-state index contributed by atoms with van der Waals surface area (Å²) < 4.78 is 19.9. The van der Waals surface area contributed by atoms with Gasteiger partial charge in [-0.1, -0.05) is 24.3 Å². The molecule has 1 heterocycles. The molecular weight excluding hydrogens is 333 g/mol. The van der Waals surface area contributed by atoms with Crippen molar-refractivity contribution in [3.05, 3.63) is 59.9 Å². The Morgan fingerprint density at radius 1 is 1.31 bits per heavy atom. The standard InChI is InChI=1S/C20H24FN3O2/c1-15-14-26-11-10-24(15)20(25)22-13-16-8-9-19(18(21)12-16)23(2)17-6-4-3-5-7-17/h3-9,12,15H,10-11,13-14H2,1-2H3,(H,22,25)/t15-/m0/s1. The molecule has 2 amide bonds. The summed E-state index contributed by atoms with van der Waals surface area (Å²) in [6.45, 7) is 3.90. The van der Waals surface area contributed by atoms with Crippen molar-refractivity contribution in [2.24, 2.45) is 0 Å². The average molecular weight is 357 g/mol. The molecule has 1 N–H and O–H groups in total. The number of anilines is 2. The summed E-state index contributed by atoms with van der Waals surface area (Å²) in [5.41, 5.74) is 2.13. The first kappa shape index (κ1) is 18.2. The number of rotatable bonds is 4. The van der Waals surface area contributed by atoms with Crippen LogP contribution in [0.4, 0.5) is 20.6 Å². The molecule has 0 spiro atoms. The summed E-state index contributed by atoms with van der Waals surface area (Å²) in [7, 11) is 1.83. The molecule has 3 rings (SSSR count). The van der Waals surface area contributed by atoms with Crippen LogP contribution in [-0.4, -0.2) is 43.8 Å². The van der Waals surface area contributed by atoms with Gasteiger partial charge in [-0.05, 0) is 36.8 Å². The molecule has 1 aliphatic heterocycles. The minimum Gasteiger partial charge on any atom is -0.377 e. The second kappa shape index (κ2) is 8.19. The van der Waals surface area contributed by atoms with Gasteiger partial charge >= 0.3 is 6.03 Å². The molecule has 0 aliphatic carbocycles. The van der Waals surface area contributed by atoms with E-state index in [1.54, 1.807) is 15.9 Å². The van der Waals surface area contributed by atoms with Gasteiger partial charge in [0, 0.05) is 25.8 Å². The molecule has 0 radical (unpaired) electrons. The number of para-hydroxylation sites is 1. The van der Waals surface area contributed by atoms with E-state index in [0.717, 1.165) is 11.3 Å². The zero-order chi connectivity index (χ0) is 18.5. The highest BCUT2D eigenvalue weighted by Gasteiger charge is 2.23. The van der Waals surface area contributed by atoms with Crippen molar-refractivity contribution < 1.29 is 13.9 Å². The number of nitrogens with zero attached hydrogens (tertiary/aromatic N) is 2. The molecule has 138 valence electrons. The lowest BCUT2D eigenvalue weighted by molar-refractivity contribution is 0.0190. The van der Waals surface area contributed by atoms with Gasteiger partial charge in [-0.25, -0.2) is 9.18 Å². The lowest BCUT2D eigenvalue weighted by atomic mass is 10.1. The monoisotopic (exact) mass is 357 g/mol. The summed E-state index contributed by atoms with van der Waals surface area (Å²) in [5.74, 6) is -0.317. The van der Waals surface area contributed by atoms with E-state index in [4.69, 9.17) is 4.74 Å². The molecule has 0 unspecified atom stereocenters. The predicted molar refractivity (Wildman–Crippen MR) is 100 cm³/mol. The van der Waals surface area contributed by atoms with Gasteiger partial charge in [-0.15, -0.1) is 0 Å². The minimum atomic E-state index is -0.317. The van der Waals surface area contributed by atoms with Crippen LogP contribution in [0, 0.1) is 5.82 Å². The third kappa shape index (κ3) is 4.14. The summed E-state index contributed by atoms with van der Waals surface area (Å²) in [6.07, 6.45) is 0. The number of carbonyl (C=O) groups excluding carboxylic acids is 1. The van der Waals surface area contributed by atoms with Crippen molar-refractivity contribution in [1.29, 1.82) is 0 Å². The molecule has 6 heteroatoms. The van der Waals surface area contributed by atoms with Crippen molar-refractivity contribution in [1.82, 2.24) is 10.2 Å². The van der Waals surface area contributed by atoms with Crippen LogP contribution in [0.3, 0.4) is 0 Å². The van der Waals surface area contributed by atoms with Gasteiger partial charge in [-0.2, -0.15) is 0 Å².